The molecule has 6 nitrogen and oxygen atoms in total. The number of hydrogen-bond donors (Lipinski definition) is 0. The van der Waals surface area contributed by atoms with Crippen LogP contribution in [0.15, 0.2) is 70.4 Å². The Morgan fingerprint density at radius 1 is 1.14 bits per heavy atom. The zero-order valence-corrected chi connectivity index (χ0v) is 29.4. The van der Waals surface area contributed by atoms with Crippen LogP contribution in [0.25, 0.3) is 5.57 Å². The minimum Gasteiger partial charge on any atom is -0.476 e. The van der Waals surface area contributed by atoms with Gasteiger partial charge in [0.15, 0.2) is 5.60 Å². The first-order valence-electron chi connectivity index (χ1n) is 15.5. The molecule has 44 heavy (non-hydrogen) atoms. The molecule has 1 aromatic rings. The Morgan fingerprint density at radius 3 is 2.30 bits per heavy atom. The SMILES string of the molecule is C#C.C=C/C=C\C(=C/C)c1nc(CN(CC/C=C(C)\C(OC(C)(C)C(=O)OCC)=C(/C)CC)CC(=C)CC(C)(C)C)c(C)o1. The molecule has 0 saturated carbocycles. The van der Waals surface area contributed by atoms with Crippen molar-refractivity contribution in [1.29, 1.82) is 0 Å². The largest absolute Gasteiger partial charge is 0.476 e. The lowest BCUT2D eigenvalue weighted by Crippen LogP contribution is -2.37. The van der Waals surface area contributed by atoms with Crippen LogP contribution >= 0.6 is 0 Å². The van der Waals surface area contributed by atoms with Gasteiger partial charge >= 0.3 is 5.97 Å². The van der Waals surface area contributed by atoms with Crippen molar-refractivity contribution < 1.29 is 18.7 Å². The van der Waals surface area contributed by atoms with Crippen molar-refractivity contribution in [2.24, 2.45) is 5.41 Å². The van der Waals surface area contributed by atoms with Crippen LogP contribution in [-0.2, 0) is 20.8 Å². The van der Waals surface area contributed by atoms with E-state index in [0.717, 1.165) is 66.3 Å². The summed E-state index contributed by atoms with van der Waals surface area (Å²) in [5, 5.41) is 0. The summed E-state index contributed by atoms with van der Waals surface area (Å²) in [6.45, 7) is 32.8. The van der Waals surface area contributed by atoms with Gasteiger partial charge in [0.05, 0.1) is 12.3 Å². The predicted molar refractivity (Wildman–Crippen MR) is 186 cm³/mol. The Labute approximate surface area is 268 Å². The van der Waals surface area contributed by atoms with Crippen LogP contribution in [0.5, 0.6) is 0 Å². The van der Waals surface area contributed by atoms with E-state index in [2.05, 4.69) is 64.7 Å². The highest BCUT2D eigenvalue weighted by molar-refractivity contribution is 5.78. The molecule has 6 heteroatoms. The summed E-state index contributed by atoms with van der Waals surface area (Å²) in [7, 11) is 0. The van der Waals surface area contributed by atoms with Gasteiger partial charge in [-0.3, -0.25) is 4.90 Å². The van der Waals surface area contributed by atoms with Crippen LogP contribution < -0.4 is 0 Å². The number of allylic oxidation sites excluding steroid dienone is 7. The zero-order chi connectivity index (χ0) is 34.1. The van der Waals surface area contributed by atoms with E-state index in [-0.39, 0.29) is 11.4 Å². The second-order valence-electron chi connectivity index (χ2n) is 12.5. The minimum atomic E-state index is -1.08. The van der Waals surface area contributed by atoms with Gasteiger partial charge in [0.2, 0.25) is 5.89 Å². The van der Waals surface area contributed by atoms with Crippen LogP contribution in [-0.4, -0.2) is 41.2 Å². The minimum absolute atomic E-state index is 0.162. The summed E-state index contributed by atoms with van der Waals surface area (Å²) in [5.74, 6) is 1.81. The second kappa shape index (κ2) is 19.7. The van der Waals surface area contributed by atoms with Gasteiger partial charge in [0, 0.05) is 25.2 Å². The van der Waals surface area contributed by atoms with Crippen LogP contribution in [0.2, 0.25) is 0 Å². The molecule has 0 aliphatic heterocycles. The molecule has 244 valence electrons. The Morgan fingerprint density at radius 2 is 1.77 bits per heavy atom. The molecule has 1 aromatic heterocycles. The summed E-state index contributed by atoms with van der Waals surface area (Å²) in [5.41, 5.74) is 4.21. The maximum Gasteiger partial charge on any atom is 0.349 e. The monoisotopic (exact) mass is 606 g/mol. The normalized spacial score (nSPS) is 13.3. The van der Waals surface area contributed by atoms with Gasteiger partial charge in [0.25, 0.3) is 0 Å². The molecule has 0 bridgehead atoms. The van der Waals surface area contributed by atoms with E-state index >= 15 is 0 Å². The number of ether oxygens (including phenoxy) is 2. The van der Waals surface area contributed by atoms with Crippen molar-refractivity contribution in [3.63, 3.8) is 0 Å². The highest BCUT2D eigenvalue weighted by Gasteiger charge is 2.33. The summed E-state index contributed by atoms with van der Waals surface area (Å²) < 4.78 is 17.6. The average molecular weight is 607 g/mol. The van der Waals surface area contributed by atoms with Crippen LogP contribution in [0, 0.1) is 25.2 Å². The predicted octanol–water partition coefficient (Wildman–Crippen LogP) is 9.55. The van der Waals surface area contributed by atoms with E-state index in [9.17, 15) is 4.79 Å². The molecule has 0 N–H and O–H groups in total. The molecular weight excluding hydrogens is 548 g/mol. The van der Waals surface area contributed by atoms with Crippen molar-refractivity contribution in [2.75, 3.05) is 19.7 Å². The van der Waals surface area contributed by atoms with Gasteiger partial charge in [-0.05, 0) is 90.4 Å². The van der Waals surface area contributed by atoms with Gasteiger partial charge in [-0.2, -0.15) is 0 Å². The Kier molecular flexibility index (Phi) is 18.1. The van der Waals surface area contributed by atoms with Crippen molar-refractivity contribution in [3.8, 4) is 12.8 Å². The van der Waals surface area contributed by atoms with Gasteiger partial charge in [-0.1, -0.05) is 70.7 Å². The third-order valence-electron chi connectivity index (χ3n) is 6.76. The Bertz CT molecular complexity index is 1230. The summed E-state index contributed by atoms with van der Waals surface area (Å²) in [4.78, 5) is 19.8. The van der Waals surface area contributed by atoms with E-state index in [0.29, 0.717) is 19.0 Å². The molecule has 0 amide bonds. The number of terminal acetylenes is 1. The summed E-state index contributed by atoms with van der Waals surface area (Å²) in [6.07, 6.45) is 20.3. The van der Waals surface area contributed by atoms with Crippen molar-refractivity contribution in [3.05, 3.63) is 83.4 Å². The number of aryl methyl sites for hydroxylation is 1. The van der Waals surface area contributed by atoms with E-state index in [1.165, 1.54) is 5.57 Å². The number of hydrogen-bond acceptors (Lipinski definition) is 6. The fourth-order valence-corrected chi connectivity index (χ4v) is 4.53. The molecule has 1 rings (SSSR count). The van der Waals surface area contributed by atoms with Gasteiger partial charge in [0.1, 0.15) is 11.5 Å². The lowest BCUT2D eigenvalue weighted by Gasteiger charge is -2.28. The average Bonchev–Trinajstić information content (AvgIpc) is 3.31. The van der Waals surface area contributed by atoms with Gasteiger partial charge in [-0.25, -0.2) is 9.78 Å². The molecule has 1 heterocycles. The molecule has 0 unspecified atom stereocenters. The number of rotatable bonds is 17. The number of carbonyl (C=O) groups is 1. The molecule has 0 radical (unpaired) electrons. The molecule has 0 aliphatic carbocycles. The van der Waals surface area contributed by atoms with Crippen LogP contribution in [0.1, 0.15) is 106 Å². The Balaban J connectivity index is 0.00000904. The molecule has 0 fully saturated rings. The summed E-state index contributed by atoms with van der Waals surface area (Å²) >= 11 is 0. The fourth-order valence-electron chi connectivity index (χ4n) is 4.53. The highest BCUT2D eigenvalue weighted by Crippen LogP contribution is 2.28. The molecule has 0 atom stereocenters. The van der Waals surface area contributed by atoms with Crippen LogP contribution in [0.4, 0.5) is 0 Å². The topological polar surface area (TPSA) is 64.8 Å². The number of aromatic nitrogens is 1. The first-order chi connectivity index (χ1) is 20.6. The fraction of sp³-hybridized carbons (Fsp3) is 0.526. The maximum atomic E-state index is 12.5. The number of esters is 1. The molecular formula is C38H58N2O4. The van der Waals surface area contributed by atoms with Gasteiger partial charge in [-0.15, -0.1) is 12.8 Å². The third kappa shape index (κ3) is 14.3. The molecule has 0 aromatic carbocycles. The molecule has 0 saturated heterocycles. The first kappa shape index (κ1) is 40.4. The zero-order valence-electron chi connectivity index (χ0n) is 29.4. The van der Waals surface area contributed by atoms with Crippen molar-refractivity contribution >= 4 is 11.5 Å². The standard InChI is InChI=1S/C36H56N2O4.C2H2/c1-14-18-21-30(16-3)33-37-31(29(8)41-33)25-38(24-26(5)23-35(9,10)11)22-19-20-28(7)32(27(6)15-2)42-36(12,13)34(39)40-17-4;1-2/h14,16,18,20-21H,1,5,15,17,19,22-25H2,2-4,6-13H3;1-2H/b21-18-,28-20-,30-16+,32-27-;. The van der Waals surface area contributed by atoms with E-state index in [1.54, 1.807) is 26.8 Å². The molecule has 0 aliphatic rings. The van der Waals surface area contributed by atoms with Gasteiger partial charge < -0.3 is 13.9 Å². The smallest absolute Gasteiger partial charge is 0.349 e. The number of nitrogens with zero attached hydrogens (tertiary/aromatic N) is 2. The van der Waals surface area contributed by atoms with Crippen molar-refractivity contribution in [1.82, 2.24) is 9.88 Å². The first-order valence-corrected chi connectivity index (χ1v) is 15.5. The lowest BCUT2D eigenvalue weighted by atomic mass is 9.88. The molecule has 0 spiro atoms. The second-order valence-corrected chi connectivity index (χ2v) is 12.5. The maximum absolute atomic E-state index is 12.5. The van der Waals surface area contributed by atoms with E-state index in [1.807, 2.05) is 45.9 Å². The lowest BCUT2D eigenvalue weighted by molar-refractivity contribution is -0.163. The van der Waals surface area contributed by atoms with Crippen molar-refractivity contribution in [2.45, 2.75) is 108 Å². The van der Waals surface area contributed by atoms with E-state index in [4.69, 9.17) is 18.9 Å². The van der Waals surface area contributed by atoms with E-state index < -0.39 is 5.60 Å². The third-order valence-corrected chi connectivity index (χ3v) is 6.76. The highest BCUT2D eigenvalue weighted by atomic mass is 16.6. The van der Waals surface area contributed by atoms with Crippen LogP contribution in [0.3, 0.4) is 0 Å². The summed E-state index contributed by atoms with van der Waals surface area (Å²) in [6, 6.07) is 0. The quantitative estimate of drug-likeness (QED) is 0.0578. The Hall–Kier alpha value is -3.56. The number of oxazole rings is 1. The number of carbonyl (C=O) groups excluding carboxylic acids is 1.